The molecule has 1 amide bonds. The van der Waals surface area contributed by atoms with Crippen molar-refractivity contribution in [3.8, 4) is 0 Å². The highest BCUT2D eigenvalue weighted by molar-refractivity contribution is 5.79. The Kier molecular flexibility index (Phi) is 4.22. The van der Waals surface area contributed by atoms with Crippen molar-refractivity contribution in [1.29, 1.82) is 0 Å². The van der Waals surface area contributed by atoms with Crippen LogP contribution in [-0.4, -0.2) is 29.1 Å². The lowest BCUT2D eigenvalue weighted by atomic mass is 9.98. The van der Waals surface area contributed by atoms with Crippen molar-refractivity contribution in [1.82, 2.24) is 10.3 Å². The number of hydrogen-bond acceptors (Lipinski definition) is 3. The quantitative estimate of drug-likeness (QED) is 0.932. The molecule has 0 saturated carbocycles. The maximum Gasteiger partial charge on any atom is 0.416 e. The Labute approximate surface area is 120 Å². The summed E-state index contributed by atoms with van der Waals surface area (Å²) in [6, 6.07) is 0.682. The monoisotopic (exact) mass is 302 g/mol. The molecule has 0 aliphatic carbocycles. The Hall–Kier alpha value is -1.63. The molecular formula is C14H17F3N2O2. The summed E-state index contributed by atoms with van der Waals surface area (Å²) in [6.45, 7) is 4.21. The number of aromatic nitrogens is 1. The van der Waals surface area contributed by atoms with Gasteiger partial charge in [-0.25, -0.2) is 0 Å². The highest BCUT2D eigenvalue weighted by atomic mass is 19.4. The van der Waals surface area contributed by atoms with Gasteiger partial charge in [0, 0.05) is 19.0 Å². The number of rotatable bonds is 3. The molecule has 1 aromatic heterocycles. The lowest BCUT2D eigenvalue weighted by molar-refractivity contribution is -0.138. The molecule has 1 atom stereocenters. The SMILES string of the molecule is CC1(C)OCCC1NC(=O)Cc1cnccc1C(F)(F)F. The molecule has 2 heterocycles. The van der Waals surface area contributed by atoms with E-state index in [0.29, 0.717) is 13.0 Å². The number of nitrogens with zero attached hydrogens (tertiary/aromatic N) is 1. The predicted molar refractivity (Wildman–Crippen MR) is 69.5 cm³/mol. The van der Waals surface area contributed by atoms with Gasteiger partial charge in [0.05, 0.1) is 23.6 Å². The first-order valence-corrected chi connectivity index (χ1v) is 6.63. The van der Waals surface area contributed by atoms with Gasteiger partial charge in [-0.2, -0.15) is 13.2 Å². The van der Waals surface area contributed by atoms with E-state index in [0.717, 1.165) is 18.5 Å². The summed E-state index contributed by atoms with van der Waals surface area (Å²) in [7, 11) is 0. The molecule has 1 saturated heterocycles. The van der Waals surface area contributed by atoms with Gasteiger partial charge < -0.3 is 10.1 Å². The van der Waals surface area contributed by atoms with Gasteiger partial charge in [-0.05, 0) is 31.9 Å². The standard InChI is InChI=1S/C14H17F3N2O2/c1-13(2)11(4-6-21-13)19-12(20)7-9-8-18-5-3-10(9)14(15,16)17/h3,5,8,11H,4,6-7H2,1-2H3,(H,19,20). The van der Waals surface area contributed by atoms with E-state index in [1.165, 1.54) is 0 Å². The van der Waals surface area contributed by atoms with Gasteiger partial charge in [0.2, 0.25) is 5.91 Å². The zero-order chi connectivity index (χ0) is 15.7. The number of alkyl halides is 3. The number of halogens is 3. The third-order valence-corrected chi connectivity index (χ3v) is 3.61. The van der Waals surface area contributed by atoms with Crippen LogP contribution in [0.2, 0.25) is 0 Å². The van der Waals surface area contributed by atoms with Crippen LogP contribution in [0, 0.1) is 0 Å². The van der Waals surface area contributed by atoms with E-state index < -0.39 is 23.2 Å². The van der Waals surface area contributed by atoms with Crippen molar-refractivity contribution in [3.63, 3.8) is 0 Å². The Morgan fingerprint density at radius 3 is 2.81 bits per heavy atom. The van der Waals surface area contributed by atoms with Crippen LogP contribution in [0.1, 0.15) is 31.4 Å². The Morgan fingerprint density at radius 2 is 2.24 bits per heavy atom. The van der Waals surface area contributed by atoms with Crippen LogP contribution >= 0.6 is 0 Å². The fourth-order valence-electron chi connectivity index (χ4n) is 2.40. The number of carbonyl (C=O) groups is 1. The van der Waals surface area contributed by atoms with Crippen LogP contribution in [-0.2, 0) is 22.1 Å². The number of hydrogen-bond donors (Lipinski definition) is 1. The highest BCUT2D eigenvalue weighted by Crippen LogP contribution is 2.31. The van der Waals surface area contributed by atoms with E-state index in [4.69, 9.17) is 4.74 Å². The van der Waals surface area contributed by atoms with Crippen LogP contribution < -0.4 is 5.32 Å². The smallest absolute Gasteiger partial charge is 0.373 e. The molecule has 1 unspecified atom stereocenters. The first-order valence-electron chi connectivity index (χ1n) is 6.63. The molecule has 1 aliphatic heterocycles. The molecule has 21 heavy (non-hydrogen) atoms. The fraction of sp³-hybridized carbons (Fsp3) is 0.571. The summed E-state index contributed by atoms with van der Waals surface area (Å²) in [6.07, 6.45) is -2.04. The lowest BCUT2D eigenvalue weighted by Crippen LogP contribution is -2.46. The van der Waals surface area contributed by atoms with Gasteiger partial charge >= 0.3 is 6.18 Å². The van der Waals surface area contributed by atoms with Gasteiger partial charge in [0.25, 0.3) is 0 Å². The molecule has 1 aliphatic rings. The summed E-state index contributed by atoms with van der Waals surface area (Å²) in [5.41, 5.74) is -1.45. The molecule has 0 spiro atoms. The topological polar surface area (TPSA) is 51.2 Å². The van der Waals surface area contributed by atoms with Crippen LogP contribution in [0.5, 0.6) is 0 Å². The van der Waals surface area contributed by atoms with Crippen LogP contribution in [0.3, 0.4) is 0 Å². The van der Waals surface area contributed by atoms with E-state index in [1.54, 1.807) is 0 Å². The second-order valence-corrected chi connectivity index (χ2v) is 5.57. The molecular weight excluding hydrogens is 285 g/mol. The van der Waals surface area contributed by atoms with Crippen LogP contribution in [0.15, 0.2) is 18.5 Å². The molecule has 0 radical (unpaired) electrons. The zero-order valence-corrected chi connectivity index (χ0v) is 11.8. The van der Waals surface area contributed by atoms with Crippen molar-refractivity contribution in [2.45, 2.75) is 44.5 Å². The van der Waals surface area contributed by atoms with Gasteiger partial charge in [0.1, 0.15) is 0 Å². The van der Waals surface area contributed by atoms with E-state index in [9.17, 15) is 18.0 Å². The molecule has 1 aromatic rings. The van der Waals surface area contributed by atoms with Crippen LogP contribution in [0.4, 0.5) is 13.2 Å². The zero-order valence-electron chi connectivity index (χ0n) is 11.8. The number of nitrogens with one attached hydrogen (secondary N) is 1. The maximum atomic E-state index is 12.8. The second kappa shape index (κ2) is 5.63. The molecule has 0 bridgehead atoms. The lowest BCUT2D eigenvalue weighted by Gasteiger charge is -2.26. The molecule has 7 heteroatoms. The van der Waals surface area contributed by atoms with Crippen molar-refractivity contribution < 1.29 is 22.7 Å². The molecule has 116 valence electrons. The van der Waals surface area contributed by atoms with E-state index >= 15 is 0 Å². The summed E-state index contributed by atoms with van der Waals surface area (Å²) >= 11 is 0. The van der Waals surface area contributed by atoms with Crippen molar-refractivity contribution in [3.05, 3.63) is 29.6 Å². The molecule has 0 aromatic carbocycles. The summed E-state index contributed by atoms with van der Waals surface area (Å²) < 4.78 is 44.0. The summed E-state index contributed by atoms with van der Waals surface area (Å²) in [5.74, 6) is -0.461. The maximum absolute atomic E-state index is 12.8. The number of amides is 1. The number of carbonyl (C=O) groups excluding carboxylic acids is 1. The van der Waals surface area contributed by atoms with Crippen molar-refractivity contribution in [2.24, 2.45) is 0 Å². The van der Waals surface area contributed by atoms with E-state index in [-0.39, 0.29) is 18.0 Å². The van der Waals surface area contributed by atoms with E-state index in [1.807, 2.05) is 13.8 Å². The van der Waals surface area contributed by atoms with Crippen molar-refractivity contribution in [2.75, 3.05) is 6.61 Å². The normalized spacial score (nSPS) is 21.3. The molecule has 4 nitrogen and oxygen atoms in total. The molecule has 1 fully saturated rings. The average molecular weight is 302 g/mol. The fourth-order valence-corrected chi connectivity index (χ4v) is 2.40. The average Bonchev–Trinajstić information content (AvgIpc) is 2.68. The minimum Gasteiger partial charge on any atom is -0.373 e. The first kappa shape index (κ1) is 15.8. The third-order valence-electron chi connectivity index (χ3n) is 3.61. The number of ether oxygens (including phenoxy) is 1. The summed E-state index contributed by atoms with van der Waals surface area (Å²) in [4.78, 5) is 15.6. The third kappa shape index (κ3) is 3.72. The number of pyridine rings is 1. The first-order chi connectivity index (χ1) is 9.70. The van der Waals surface area contributed by atoms with E-state index in [2.05, 4.69) is 10.3 Å². The van der Waals surface area contributed by atoms with Crippen LogP contribution in [0.25, 0.3) is 0 Å². The minimum atomic E-state index is -4.49. The highest BCUT2D eigenvalue weighted by Gasteiger charge is 2.37. The largest absolute Gasteiger partial charge is 0.416 e. The van der Waals surface area contributed by atoms with Crippen molar-refractivity contribution >= 4 is 5.91 Å². The van der Waals surface area contributed by atoms with Gasteiger partial charge in [-0.1, -0.05) is 0 Å². The van der Waals surface area contributed by atoms with Gasteiger partial charge in [0.15, 0.2) is 0 Å². The Bertz CT molecular complexity index is 529. The predicted octanol–water partition coefficient (Wildman–Crippen LogP) is 2.33. The minimum absolute atomic E-state index is 0.126. The Balaban J connectivity index is 2.07. The second-order valence-electron chi connectivity index (χ2n) is 5.57. The summed E-state index contributed by atoms with van der Waals surface area (Å²) in [5, 5.41) is 2.74. The molecule has 1 N–H and O–H groups in total. The Morgan fingerprint density at radius 1 is 1.52 bits per heavy atom. The van der Waals surface area contributed by atoms with Gasteiger partial charge in [-0.15, -0.1) is 0 Å². The molecule has 2 rings (SSSR count). The van der Waals surface area contributed by atoms with Gasteiger partial charge in [-0.3, -0.25) is 9.78 Å².